The van der Waals surface area contributed by atoms with Crippen LogP contribution in [0.4, 0.5) is 0 Å². The molecule has 0 aliphatic heterocycles. The number of hydrogen-bond donors (Lipinski definition) is 3. The first-order valence-electron chi connectivity index (χ1n) is 7.30. The molecule has 5 heteroatoms. The van der Waals surface area contributed by atoms with Gasteiger partial charge in [0, 0.05) is 18.9 Å². The predicted octanol–water partition coefficient (Wildman–Crippen LogP) is 0.736. The molecule has 0 amide bonds. The van der Waals surface area contributed by atoms with Crippen molar-refractivity contribution in [2.75, 3.05) is 0 Å². The molecule has 1 aromatic carbocycles. The monoisotopic (exact) mass is 302 g/mol. The SMILES string of the molecule is O=c1cc(CCc2ccccc2)oc2c1C(O)C(O)C(O)C2. The number of aliphatic hydroxyl groups is 3. The fraction of sp³-hybridized carbons (Fsp3) is 0.353. The van der Waals surface area contributed by atoms with Crippen molar-refractivity contribution in [1.82, 2.24) is 0 Å². The van der Waals surface area contributed by atoms with Gasteiger partial charge in [-0.15, -0.1) is 0 Å². The maximum Gasteiger partial charge on any atom is 0.191 e. The van der Waals surface area contributed by atoms with Gasteiger partial charge >= 0.3 is 0 Å². The number of rotatable bonds is 3. The van der Waals surface area contributed by atoms with E-state index in [2.05, 4.69) is 0 Å². The Morgan fingerprint density at radius 2 is 1.82 bits per heavy atom. The molecule has 22 heavy (non-hydrogen) atoms. The van der Waals surface area contributed by atoms with Crippen LogP contribution in [0.2, 0.25) is 0 Å². The third-order valence-electron chi connectivity index (χ3n) is 4.02. The lowest BCUT2D eigenvalue weighted by Crippen LogP contribution is -2.41. The molecule has 0 radical (unpaired) electrons. The summed E-state index contributed by atoms with van der Waals surface area (Å²) in [4.78, 5) is 12.1. The van der Waals surface area contributed by atoms with Gasteiger partial charge in [0.25, 0.3) is 0 Å². The fourth-order valence-electron chi connectivity index (χ4n) is 2.79. The van der Waals surface area contributed by atoms with Crippen LogP contribution >= 0.6 is 0 Å². The van der Waals surface area contributed by atoms with Crippen molar-refractivity contribution in [1.29, 1.82) is 0 Å². The van der Waals surface area contributed by atoms with Crippen LogP contribution in [-0.4, -0.2) is 27.5 Å². The van der Waals surface area contributed by atoms with Gasteiger partial charge in [-0.05, 0) is 12.0 Å². The predicted molar refractivity (Wildman–Crippen MR) is 79.5 cm³/mol. The van der Waals surface area contributed by atoms with Gasteiger partial charge in [0.15, 0.2) is 5.43 Å². The normalized spacial score (nSPS) is 24.0. The van der Waals surface area contributed by atoms with Crippen molar-refractivity contribution in [3.8, 4) is 0 Å². The van der Waals surface area contributed by atoms with Gasteiger partial charge in [-0.2, -0.15) is 0 Å². The summed E-state index contributed by atoms with van der Waals surface area (Å²) in [6, 6.07) is 11.2. The second-order valence-corrected chi connectivity index (χ2v) is 5.61. The molecule has 3 atom stereocenters. The molecule has 0 saturated carbocycles. The Bertz CT molecular complexity index is 707. The van der Waals surface area contributed by atoms with E-state index in [0.29, 0.717) is 12.2 Å². The minimum atomic E-state index is -1.40. The van der Waals surface area contributed by atoms with E-state index in [9.17, 15) is 20.1 Å². The van der Waals surface area contributed by atoms with Crippen LogP contribution in [-0.2, 0) is 19.3 Å². The van der Waals surface area contributed by atoms with E-state index in [1.54, 1.807) is 0 Å². The highest BCUT2D eigenvalue weighted by Crippen LogP contribution is 2.28. The Hall–Kier alpha value is -1.95. The Morgan fingerprint density at radius 1 is 1.09 bits per heavy atom. The maximum atomic E-state index is 12.1. The van der Waals surface area contributed by atoms with Crippen molar-refractivity contribution < 1.29 is 19.7 Å². The topological polar surface area (TPSA) is 90.9 Å². The van der Waals surface area contributed by atoms with Crippen LogP contribution in [0.5, 0.6) is 0 Å². The summed E-state index contributed by atoms with van der Waals surface area (Å²) < 4.78 is 5.66. The smallest absolute Gasteiger partial charge is 0.191 e. The van der Waals surface area contributed by atoms with Crippen LogP contribution in [0.15, 0.2) is 45.6 Å². The first-order chi connectivity index (χ1) is 10.6. The second-order valence-electron chi connectivity index (χ2n) is 5.61. The number of aliphatic hydroxyl groups excluding tert-OH is 3. The summed E-state index contributed by atoms with van der Waals surface area (Å²) in [7, 11) is 0. The van der Waals surface area contributed by atoms with Crippen molar-refractivity contribution in [3.05, 3.63) is 69.3 Å². The van der Waals surface area contributed by atoms with Gasteiger partial charge in [0.2, 0.25) is 0 Å². The van der Waals surface area contributed by atoms with E-state index >= 15 is 0 Å². The highest BCUT2D eigenvalue weighted by Gasteiger charge is 2.36. The Morgan fingerprint density at radius 3 is 2.55 bits per heavy atom. The highest BCUT2D eigenvalue weighted by molar-refractivity contribution is 5.28. The third-order valence-corrected chi connectivity index (χ3v) is 4.02. The lowest BCUT2D eigenvalue weighted by Gasteiger charge is -2.29. The van der Waals surface area contributed by atoms with Crippen LogP contribution in [0.25, 0.3) is 0 Å². The van der Waals surface area contributed by atoms with Gasteiger partial charge in [-0.1, -0.05) is 30.3 Å². The lowest BCUT2D eigenvalue weighted by molar-refractivity contribution is -0.0732. The van der Waals surface area contributed by atoms with E-state index in [-0.39, 0.29) is 23.2 Å². The molecule has 1 aromatic heterocycles. The second kappa shape index (κ2) is 6.04. The van der Waals surface area contributed by atoms with Crippen molar-refractivity contribution in [2.24, 2.45) is 0 Å². The Labute approximate surface area is 127 Å². The Kier molecular flexibility index (Phi) is 4.11. The van der Waals surface area contributed by atoms with E-state index in [4.69, 9.17) is 4.42 Å². The van der Waals surface area contributed by atoms with Crippen molar-refractivity contribution in [2.45, 2.75) is 37.6 Å². The van der Waals surface area contributed by atoms with E-state index in [1.807, 2.05) is 30.3 Å². The molecule has 2 aromatic rings. The minimum Gasteiger partial charge on any atom is -0.465 e. The molecular formula is C17H18O5. The molecule has 116 valence electrons. The van der Waals surface area contributed by atoms with E-state index in [1.165, 1.54) is 6.07 Å². The quantitative estimate of drug-likeness (QED) is 0.778. The summed E-state index contributed by atoms with van der Waals surface area (Å²) >= 11 is 0. The largest absolute Gasteiger partial charge is 0.465 e. The summed E-state index contributed by atoms with van der Waals surface area (Å²) in [6.45, 7) is 0. The number of fused-ring (bicyclic) bond motifs is 1. The molecule has 0 fully saturated rings. The molecule has 3 rings (SSSR count). The molecule has 0 saturated heterocycles. The first-order valence-corrected chi connectivity index (χ1v) is 7.30. The molecule has 5 nitrogen and oxygen atoms in total. The van der Waals surface area contributed by atoms with Crippen LogP contribution < -0.4 is 5.43 Å². The first kappa shape index (κ1) is 15.0. The lowest BCUT2D eigenvalue weighted by atomic mass is 9.89. The zero-order valence-corrected chi connectivity index (χ0v) is 12.0. The molecule has 0 spiro atoms. The zero-order chi connectivity index (χ0) is 15.7. The van der Waals surface area contributed by atoms with Gasteiger partial charge in [0.1, 0.15) is 23.7 Å². The van der Waals surface area contributed by atoms with Crippen LogP contribution in [0.1, 0.15) is 28.8 Å². The third kappa shape index (κ3) is 2.83. The standard InChI is InChI=1S/C17H18O5/c18-12-8-11(7-6-10-4-2-1-3-5-10)22-14-9-13(19)16(20)17(21)15(12)14/h1-5,8,13,16-17,19-21H,6-7,9H2. The summed E-state index contributed by atoms with van der Waals surface area (Å²) in [5.74, 6) is 0.782. The van der Waals surface area contributed by atoms with Gasteiger partial charge < -0.3 is 19.7 Å². The van der Waals surface area contributed by atoms with Crippen molar-refractivity contribution in [3.63, 3.8) is 0 Å². The average molecular weight is 302 g/mol. The van der Waals surface area contributed by atoms with Crippen molar-refractivity contribution >= 4 is 0 Å². The minimum absolute atomic E-state index is 0.0297. The number of hydrogen-bond acceptors (Lipinski definition) is 5. The maximum absolute atomic E-state index is 12.1. The molecule has 0 bridgehead atoms. The Balaban J connectivity index is 1.85. The molecule has 3 N–H and O–H groups in total. The summed E-state index contributed by atoms with van der Waals surface area (Å²) in [5, 5.41) is 29.3. The molecule has 1 aliphatic carbocycles. The van der Waals surface area contributed by atoms with E-state index < -0.39 is 18.3 Å². The number of aryl methyl sites for hydroxylation is 2. The molecule has 3 unspecified atom stereocenters. The fourth-order valence-corrected chi connectivity index (χ4v) is 2.79. The summed E-state index contributed by atoms with van der Waals surface area (Å²) in [5.41, 5.74) is 0.836. The van der Waals surface area contributed by atoms with E-state index in [0.717, 1.165) is 12.0 Å². The van der Waals surface area contributed by atoms with Crippen LogP contribution in [0, 0.1) is 0 Å². The average Bonchev–Trinajstić information content (AvgIpc) is 2.51. The highest BCUT2D eigenvalue weighted by atomic mass is 16.4. The molecule has 1 aliphatic rings. The molecular weight excluding hydrogens is 284 g/mol. The summed E-state index contributed by atoms with van der Waals surface area (Å²) in [6.07, 6.45) is -2.57. The van der Waals surface area contributed by atoms with Crippen LogP contribution in [0.3, 0.4) is 0 Å². The van der Waals surface area contributed by atoms with Gasteiger partial charge in [-0.3, -0.25) is 4.79 Å². The number of benzene rings is 1. The van der Waals surface area contributed by atoms with Gasteiger partial charge in [0.05, 0.1) is 11.7 Å². The molecule has 1 heterocycles. The van der Waals surface area contributed by atoms with Gasteiger partial charge in [-0.25, -0.2) is 0 Å². The zero-order valence-electron chi connectivity index (χ0n) is 12.0.